The van der Waals surface area contributed by atoms with E-state index in [1.807, 2.05) is 0 Å². The summed E-state index contributed by atoms with van der Waals surface area (Å²) in [5, 5.41) is 11.7. The smallest absolute Gasteiger partial charge is 0.387 e. The normalized spacial score (nSPS) is 20.7. The highest BCUT2D eigenvalue weighted by Crippen LogP contribution is 2.31. The zero-order chi connectivity index (χ0) is 17.2. The van der Waals surface area contributed by atoms with Gasteiger partial charge in [-0.2, -0.15) is 8.78 Å². The first-order chi connectivity index (χ1) is 10.7. The second-order valence-corrected chi connectivity index (χ2v) is 5.83. The van der Waals surface area contributed by atoms with Crippen molar-refractivity contribution in [1.29, 1.82) is 0 Å². The number of carbonyl (C=O) groups excluding carboxylic acids is 1. The van der Waals surface area contributed by atoms with Gasteiger partial charge in [-0.25, -0.2) is 4.79 Å². The van der Waals surface area contributed by atoms with Gasteiger partial charge in [0, 0.05) is 24.8 Å². The number of aryl methyl sites for hydroxylation is 1. The Balaban J connectivity index is 2.05. The highest BCUT2D eigenvalue weighted by Gasteiger charge is 2.42. The Hall–Kier alpha value is -2.38. The number of aliphatic carboxylic acids is 1. The first-order valence-electron chi connectivity index (χ1n) is 7.06. The number of nitrogens with one attached hydrogen (secondary N) is 1. The molecule has 2 rings (SSSR count). The number of hydrogen-bond donors (Lipinski definition) is 2. The number of likely N-dealkylation sites (tertiary alicyclic amines) is 1. The van der Waals surface area contributed by atoms with Crippen LogP contribution in [-0.4, -0.2) is 41.7 Å². The van der Waals surface area contributed by atoms with Gasteiger partial charge in [-0.15, -0.1) is 0 Å². The zero-order valence-electron chi connectivity index (χ0n) is 12.8. The lowest BCUT2D eigenvalue weighted by atomic mass is 9.90. The van der Waals surface area contributed by atoms with E-state index in [1.54, 1.807) is 26.0 Å². The van der Waals surface area contributed by atoms with E-state index in [1.165, 1.54) is 11.0 Å². The van der Waals surface area contributed by atoms with Gasteiger partial charge in [0.2, 0.25) is 0 Å². The molecule has 0 radical (unpaired) electrons. The average Bonchev–Trinajstić information content (AvgIpc) is 2.86. The molecule has 1 aromatic rings. The van der Waals surface area contributed by atoms with Gasteiger partial charge in [-0.3, -0.25) is 4.79 Å². The highest BCUT2D eigenvalue weighted by atomic mass is 19.3. The van der Waals surface area contributed by atoms with Gasteiger partial charge in [0.05, 0.1) is 5.41 Å². The maximum Gasteiger partial charge on any atom is 0.387 e. The van der Waals surface area contributed by atoms with E-state index in [2.05, 4.69) is 10.1 Å². The molecule has 126 valence electrons. The summed E-state index contributed by atoms with van der Waals surface area (Å²) < 4.78 is 29.0. The maximum atomic E-state index is 12.3. The van der Waals surface area contributed by atoms with Crippen LogP contribution in [0.15, 0.2) is 18.2 Å². The van der Waals surface area contributed by atoms with Crippen molar-refractivity contribution in [1.82, 2.24) is 4.90 Å². The second-order valence-electron chi connectivity index (χ2n) is 5.83. The van der Waals surface area contributed by atoms with E-state index >= 15 is 0 Å². The molecule has 0 bridgehead atoms. The summed E-state index contributed by atoms with van der Waals surface area (Å²) in [5.74, 6) is -0.967. The maximum absolute atomic E-state index is 12.3. The van der Waals surface area contributed by atoms with E-state index in [0.717, 1.165) is 0 Å². The van der Waals surface area contributed by atoms with E-state index in [0.29, 0.717) is 24.2 Å². The van der Waals surface area contributed by atoms with Gasteiger partial charge in [-0.05, 0) is 31.9 Å². The minimum Gasteiger partial charge on any atom is -0.481 e. The van der Waals surface area contributed by atoms with Crippen molar-refractivity contribution in [3.05, 3.63) is 23.8 Å². The number of ether oxygens (including phenoxy) is 1. The van der Waals surface area contributed by atoms with E-state index in [-0.39, 0.29) is 12.3 Å². The average molecular weight is 328 g/mol. The first kappa shape index (κ1) is 17.0. The number of anilines is 1. The minimum atomic E-state index is -2.95. The zero-order valence-corrected chi connectivity index (χ0v) is 12.8. The summed E-state index contributed by atoms with van der Waals surface area (Å²) in [7, 11) is 0. The summed E-state index contributed by atoms with van der Waals surface area (Å²) in [4.78, 5) is 24.8. The third kappa shape index (κ3) is 3.88. The predicted octanol–water partition coefficient (Wildman–Crippen LogP) is 2.92. The molecule has 1 unspecified atom stereocenters. The lowest BCUT2D eigenvalue weighted by molar-refractivity contribution is -0.146. The van der Waals surface area contributed by atoms with Crippen molar-refractivity contribution in [3.63, 3.8) is 0 Å². The van der Waals surface area contributed by atoms with E-state index in [4.69, 9.17) is 5.11 Å². The van der Waals surface area contributed by atoms with Crippen molar-refractivity contribution < 1.29 is 28.2 Å². The number of halogens is 2. The van der Waals surface area contributed by atoms with Crippen LogP contribution in [0.2, 0.25) is 0 Å². The molecule has 1 heterocycles. The summed E-state index contributed by atoms with van der Waals surface area (Å²) >= 11 is 0. The fourth-order valence-corrected chi connectivity index (χ4v) is 2.41. The lowest BCUT2D eigenvalue weighted by Crippen LogP contribution is -2.37. The van der Waals surface area contributed by atoms with Crippen LogP contribution in [-0.2, 0) is 4.79 Å². The number of carboxylic acids is 1. The van der Waals surface area contributed by atoms with Gasteiger partial charge < -0.3 is 20.1 Å². The largest absolute Gasteiger partial charge is 0.481 e. The van der Waals surface area contributed by atoms with Crippen LogP contribution in [0.5, 0.6) is 5.75 Å². The monoisotopic (exact) mass is 328 g/mol. The van der Waals surface area contributed by atoms with Crippen LogP contribution in [0.1, 0.15) is 18.9 Å². The third-order valence-electron chi connectivity index (χ3n) is 3.93. The number of urea groups is 1. The molecular formula is C15H18F2N2O4. The van der Waals surface area contributed by atoms with Crippen molar-refractivity contribution >= 4 is 17.7 Å². The van der Waals surface area contributed by atoms with Gasteiger partial charge >= 0.3 is 18.6 Å². The van der Waals surface area contributed by atoms with Crippen LogP contribution in [0.25, 0.3) is 0 Å². The Morgan fingerprint density at radius 3 is 2.70 bits per heavy atom. The Morgan fingerprint density at radius 2 is 2.13 bits per heavy atom. The number of rotatable bonds is 4. The molecule has 2 N–H and O–H groups in total. The van der Waals surface area contributed by atoms with Crippen LogP contribution in [0.3, 0.4) is 0 Å². The molecule has 6 nitrogen and oxygen atoms in total. The van der Waals surface area contributed by atoms with Crippen molar-refractivity contribution in [2.24, 2.45) is 5.41 Å². The molecule has 1 aliphatic rings. The number of alkyl halides is 2. The number of carbonyl (C=O) groups is 2. The third-order valence-corrected chi connectivity index (χ3v) is 3.93. The standard InChI is InChI=1S/C15H18F2N2O4/c1-9-3-4-10(7-11(9)23-13(16)17)18-14(22)19-6-5-15(2,8-19)12(20)21/h3-4,7,13H,5-6,8H2,1-2H3,(H,18,22)(H,20,21). The van der Waals surface area contributed by atoms with Crippen molar-refractivity contribution in [2.75, 3.05) is 18.4 Å². The molecule has 0 saturated carbocycles. The molecule has 1 aromatic carbocycles. The molecule has 1 aliphatic heterocycles. The Labute approximate surface area is 132 Å². The number of benzene rings is 1. The fourth-order valence-electron chi connectivity index (χ4n) is 2.41. The summed E-state index contributed by atoms with van der Waals surface area (Å²) in [6.07, 6.45) is 0.364. The molecule has 8 heteroatoms. The van der Waals surface area contributed by atoms with Crippen molar-refractivity contribution in [3.8, 4) is 5.75 Å². The lowest BCUT2D eigenvalue weighted by Gasteiger charge is -2.20. The predicted molar refractivity (Wildman–Crippen MR) is 78.8 cm³/mol. The van der Waals surface area contributed by atoms with Gasteiger partial charge in [0.1, 0.15) is 5.75 Å². The van der Waals surface area contributed by atoms with Crippen LogP contribution in [0, 0.1) is 12.3 Å². The van der Waals surface area contributed by atoms with Crippen LogP contribution in [0.4, 0.5) is 19.3 Å². The molecule has 23 heavy (non-hydrogen) atoms. The summed E-state index contributed by atoms with van der Waals surface area (Å²) in [6, 6.07) is 3.96. The topological polar surface area (TPSA) is 78.9 Å². The molecule has 0 aromatic heterocycles. The molecule has 1 saturated heterocycles. The van der Waals surface area contributed by atoms with Crippen LogP contribution >= 0.6 is 0 Å². The number of hydrogen-bond acceptors (Lipinski definition) is 3. The molecule has 2 amide bonds. The molecule has 0 aliphatic carbocycles. The fraction of sp³-hybridized carbons (Fsp3) is 0.467. The quantitative estimate of drug-likeness (QED) is 0.891. The molecule has 1 fully saturated rings. The Kier molecular flexibility index (Phi) is 4.72. The van der Waals surface area contributed by atoms with Crippen LogP contribution < -0.4 is 10.1 Å². The Morgan fingerprint density at radius 1 is 1.43 bits per heavy atom. The molecular weight excluding hydrogens is 310 g/mol. The second kappa shape index (κ2) is 6.39. The minimum absolute atomic E-state index is 0.0189. The molecule has 1 atom stereocenters. The first-order valence-corrected chi connectivity index (χ1v) is 7.06. The Bertz CT molecular complexity index is 623. The van der Waals surface area contributed by atoms with Crippen molar-refractivity contribution in [2.45, 2.75) is 26.9 Å². The number of amides is 2. The highest BCUT2D eigenvalue weighted by molar-refractivity contribution is 5.90. The van der Waals surface area contributed by atoms with Gasteiger partial charge in [-0.1, -0.05) is 6.07 Å². The van der Waals surface area contributed by atoms with E-state index < -0.39 is 24.0 Å². The number of nitrogens with zero attached hydrogens (tertiary/aromatic N) is 1. The summed E-state index contributed by atoms with van der Waals surface area (Å²) in [5.41, 5.74) is -0.141. The summed E-state index contributed by atoms with van der Waals surface area (Å²) in [6.45, 7) is 0.668. The van der Waals surface area contributed by atoms with E-state index in [9.17, 15) is 18.4 Å². The molecule has 0 spiro atoms. The van der Waals surface area contributed by atoms with Gasteiger partial charge in [0.15, 0.2) is 0 Å². The number of carboxylic acid groups (broad SMARTS) is 1. The van der Waals surface area contributed by atoms with Gasteiger partial charge in [0.25, 0.3) is 0 Å². The SMILES string of the molecule is Cc1ccc(NC(=O)N2CCC(C)(C(=O)O)C2)cc1OC(F)F.